The number of nitrogen functional groups attached to an aromatic ring is 1. The van der Waals surface area contributed by atoms with Crippen LogP contribution >= 0.6 is 15.9 Å². The summed E-state index contributed by atoms with van der Waals surface area (Å²) in [5.74, 6) is -0.100. The molecule has 0 spiro atoms. The molecule has 0 bridgehead atoms. The molecule has 3 N–H and O–H groups in total. The summed E-state index contributed by atoms with van der Waals surface area (Å²) in [6.45, 7) is 10.1. The first-order valence-electron chi connectivity index (χ1n) is 6.92. The maximum Gasteiger partial charge on any atom is 0.252 e. The van der Waals surface area contributed by atoms with Gasteiger partial charge in [0.25, 0.3) is 5.91 Å². The van der Waals surface area contributed by atoms with E-state index in [0.717, 1.165) is 11.0 Å². The Morgan fingerprint density at radius 3 is 2.45 bits per heavy atom. The summed E-state index contributed by atoms with van der Waals surface area (Å²) in [4.78, 5) is 14.5. The Kier molecular flexibility index (Phi) is 6.49. The second kappa shape index (κ2) is 7.64. The Balaban J connectivity index is 2.57. The van der Waals surface area contributed by atoms with E-state index in [0.29, 0.717) is 29.9 Å². The van der Waals surface area contributed by atoms with Crippen LogP contribution in [0.1, 0.15) is 38.1 Å². The van der Waals surface area contributed by atoms with Crippen LogP contribution in [0.5, 0.6) is 0 Å². The number of halogens is 1. The van der Waals surface area contributed by atoms with Gasteiger partial charge in [0.2, 0.25) is 0 Å². The lowest BCUT2D eigenvalue weighted by molar-refractivity contribution is 0.0938. The molecule has 5 heteroatoms. The summed E-state index contributed by atoms with van der Waals surface area (Å²) in [5.41, 5.74) is 6.87. The number of nitrogens with zero attached hydrogens (tertiary/aromatic N) is 1. The minimum absolute atomic E-state index is 0.100. The average Bonchev–Trinajstić information content (AvgIpc) is 2.36. The molecule has 0 aliphatic carbocycles. The molecule has 1 aromatic rings. The molecule has 0 aromatic heterocycles. The van der Waals surface area contributed by atoms with Crippen molar-refractivity contribution in [3.63, 3.8) is 0 Å². The van der Waals surface area contributed by atoms with Gasteiger partial charge in [-0.25, -0.2) is 0 Å². The van der Waals surface area contributed by atoms with Gasteiger partial charge in [-0.05, 0) is 61.8 Å². The Labute approximate surface area is 129 Å². The van der Waals surface area contributed by atoms with Crippen molar-refractivity contribution in [2.45, 2.75) is 39.8 Å². The first kappa shape index (κ1) is 17.0. The molecular formula is C15H24BrN3O. The Hall–Kier alpha value is -1.07. The van der Waals surface area contributed by atoms with Gasteiger partial charge in [-0.1, -0.05) is 0 Å². The molecule has 1 amide bonds. The highest BCUT2D eigenvalue weighted by atomic mass is 79.9. The summed E-state index contributed by atoms with van der Waals surface area (Å²) in [6, 6.07) is 6.16. The molecule has 0 saturated heterocycles. The van der Waals surface area contributed by atoms with E-state index in [-0.39, 0.29) is 5.91 Å². The third kappa shape index (κ3) is 4.80. The highest BCUT2D eigenvalue weighted by Crippen LogP contribution is 2.19. The number of nitrogens with two attached hydrogens (primary N) is 1. The van der Waals surface area contributed by atoms with Crippen LogP contribution in [0.2, 0.25) is 0 Å². The summed E-state index contributed by atoms with van der Waals surface area (Å²) in [7, 11) is 0. The molecule has 0 atom stereocenters. The average molecular weight is 342 g/mol. The van der Waals surface area contributed by atoms with E-state index in [2.05, 4.69) is 53.8 Å². The number of rotatable bonds is 6. The molecule has 0 radical (unpaired) electrons. The third-order valence-corrected chi connectivity index (χ3v) is 3.91. The minimum atomic E-state index is -0.100. The second-order valence-electron chi connectivity index (χ2n) is 5.42. The number of amides is 1. The van der Waals surface area contributed by atoms with Crippen LogP contribution in [0.15, 0.2) is 22.7 Å². The largest absolute Gasteiger partial charge is 0.399 e. The highest BCUT2D eigenvalue weighted by Gasteiger charge is 2.14. The fourth-order valence-electron chi connectivity index (χ4n) is 2.22. The lowest BCUT2D eigenvalue weighted by Gasteiger charge is -2.30. The zero-order valence-corrected chi connectivity index (χ0v) is 14.2. The maximum atomic E-state index is 12.1. The van der Waals surface area contributed by atoms with E-state index >= 15 is 0 Å². The van der Waals surface area contributed by atoms with Crippen molar-refractivity contribution >= 4 is 27.5 Å². The van der Waals surface area contributed by atoms with Crippen molar-refractivity contribution in [1.29, 1.82) is 0 Å². The van der Waals surface area contributed by atoms with Crippen LogP contribution in [-0.2, 0) is 0 Å². The summed E-state index contributed by atoms with van der Waals surface area (Å²) in [6.07, 6.45) is 0. The predicted octanol–water partition coefficient (Wildman–Crippen LogP) is 2.88. The first-order valence-corrected chi connectivity index (χ1v) is 7.71. The number of hydrogen-bond acceptors (Lipinski definition) is 3. The predicted molar refractivity (Wildman–Crippen MR) is 87.9 cm³/mol. The van der Waals surface area contributed by atoms with Gasteiger partial charge in [0.1, 0.15) is 0 Å². The van der Waals surface area contributed by atoms with Crippen molar-refractivity contribution in [2.24, 2.45) is 0 Å². The molecule has 0 fully saturated rings. The van der Waals surface area contributed by atoms with E-state index in [1.807, 2.05) is 0 Å². The van der Waals surface area contributed by atoms with Crippen molar-refractivity contribution in [3.05, 3.63) is 28.2 Å². The van der Waals surface area contributed by atoms with Gasteiger partial charge >= 0.3 is 0 Å². The molecule has 1 rings (SSSR count). The van der Waals surface area contributed by atoms with E-state index in [1.165, 1.54) is 0 Å². The molecule has 0 aliphatic heterocycles. The molecular weight excluding hydrogens is 318 g/mol. The summed E-state index contributed by atoms with van der Waals surface area (Å²) < 4.78 is 0.758. The quantitative estimate of drug-likeness (QED) is 0.782. The van der Waals surface area contributed by atoms with Crippen LogP contribution < -0.4 is 11.1 Å². The molecule has 0 heterocycles. The highest BCUT2D eigenvalue weighted by molar-refractivity contribution is 9.10. The van der Waals surface area contributed by atoms with Crippen LogP contribution in [0.25, 0.3) is 0 Å². The van der Waals surface area contributed by atoms with Crippen molar-refractivity contribution in [1.82, 2.24) is 10.2 Å². The Morgan fingerprint density at radius 1 is 1.30 bits per heavy atom. The minimum Gasteiger partial charge on any atom is -0.399 e. The van der Waals surface area contributed by atoms with Crippen LogP contribution in [-0.4, -0.2) is 36.0 Å². The third-order valence-electron chi connectivity index (χ3n) is 3.22. The lowest BCUT2D eigenvalue weighted by Crippen LogP contribution is -2.42. The fraction of sp³-hybridized carbons (Fsp3) is 0.533. The topological polar surface area (TPSA) is 58.4 Å². The molecule has 20 heavy (non-hydrogen) atoms. The normalized spacial score (nSPS) is 11.4. The standard InChI is InChI=1S/C15H24BrN3O/c1-10(2)19(11(3)4)8-7-18-15(20)13-9-12(17)5-6-14(13)16/h5-6,9-11H,7-8,17H2,1-4H3,(H,18,20). The number of nitrogens with one attached hydrogen (secondary N) is 1. The van der Waals surface area contributed by atoms with Crippen LogP contribution in [0.4, 0.5) is 5.69 Å². The zero-order chi connectivity index (χ0) is 15.3. The number of carbonyl (C=O) groups excluding carboxylic acids is 1. The van der Waals surface area contributed by atoms with E-state index < -0.39 is 0 Å². The van der Waals surface area contributed by atoms with Crippen LogP contribution in [0, 0.1) is 0 Å². The van der Waals surface area contributed by atoms with E-state index in [9.17, 15) is 4.79 Å². The van der Waals surface area contributed by atoms with Crippen molar-refractivity contribution in [2.75, 3.05) is 18.8 Å². The molecule has 0 saturated carbocycles. The number of hydrogen-bond donors (Lipinski definition) is 2. The van der Waals surface area contributed by atoms with Gasteiger partial charge in [-0.2, -0.15) is 0 Å². The van der Waals surface area contributed by atoms with Gasteiger partial charge < -0.3 is 11.1 Å². The first-order chi connectivity index (χ1) is 9.32. The fourth-order valence-corrected chi connectivity index (χ4v) is 2.65. The van der Waals surface area contributed by atoms with Gasteiger partial charge in [0, 0.05) is 35.3 Å². The summed E-state index contributed by atoms with van der Waals surface area (Å²) in [5, 5.41) is 2.94. The van der Waals surface area contributed by atoms with Gasteiger partial charge in [-0.15, -0.1) is 0 Å². The van der Waals surface area contributed by atoms with Gasteiger partial charge in [0.15, 0.2) is 0 Å². The molecule has 112 valence electrons. The summed E-state index contributed by atoms with van der Waals surface area (Å²) >= 11 is 3.37. The van der Waals surface area contributed by atoms with E-state index in [1.54, 1.807) is 18.2 Å². The number of anilines is 1. The molecule has 4 nitrogen and oxygen atoms in total. The van der Waals surface area contributed by atoms with Crippen molar-refractivity contribution < 1.29 is 4.79 Å². The number of benzene rings is 1. The smallest absolute Gasteiger partial charge is 0.252 e. The van der Waals surface area contributed by atoms with Gasteiger partial charge in [-0.3, -0.25) is 9.69 Å². The van der Waals surface area contributed by atoms with Crippen molar-refractivity contribution in [3.8, 4) is 0 Å². The lowest BCUT2D eigenvalue weighted by atomic mass is 10.2. The van der Waals surface area contributed by atoms with E-state index in [4.69, 9.17) is 5.73 Å². The molecule has 0 aliphatic rings. The van der Waals surface area contributed by atoms with Crippen LogP contribution in [0.3, 0.4) is 0 Å². The Morgan fingerprint density at radius 2 is 1.90 bits per heavy atom. The molecule has 1 aromatic carbocycles. The monoisotopic (exact) mass is 341 g/mol. The van der Waals surface area contributed by atoms with Gasteiger partial charge in [0.05, 0.1) is 5.56 Å². The Bertz CT molecular complexity index is 452. The molecule has 0 unspecified atom stereocenters. The number of carbonyl (C=O) groups is 1. The zero-order valence-electron chi connectivity index (χ0n) is 12.6. The SMILES string of the molecule is CC(C)N(CCNC(=O)c1cc(N)ccc1Br)C(C)C. The maximum absolute atomic E-state index is 12.1. The second-order valence-corrected chi connectivity index (χ2v) is 6.27.